The maximum Gasteiger partial charge on any atom is 0.0593 e. The van der Waals surface area contributed by atoms with Crippen molar-refractivity contribution in [3.63, 3.8) is 0 Å². The van der Waals surface area contributed by atoms with Crippen LogP contribution in [0.1, 0.15) is 25.7 Å². The molecule has 0 saturated carbocycles. The fraction of sp³-hybridized carbons (Fsp3) is 1.00. The minimum Gasteiger partial charge on any atom is -0.393 e. The van der Waals surface area contributed by atoms with Gasteiger partial charge >= 0.3 is 0 Å². The third-order valence-corrected chi connectivity index (χ3v) is 4.47. The molecule has 2 heterocycles. The summed E-state index contributed by atoms with van der Waals surface area (Å²) in [6, 6.07) is 0. The smallest absolute Gasteiger partial charge is 0.0593 e. The van der Waals surface area contributed by atoms with Crippen LogP contribution in [-0.2, 0) is 4.74 Å². The summed E-state index contributed by atoms with van der Waals surface area (Å²) in [5.41, 5.74) is 0. The summed E-state index contributed by atoms with van der Waals surface area (Å²) >= 11 is 2.05. The second kappa shape index (κ2) is 5.38. The molecule has 82 valence electrons. The van der Waals surface area contributed by atoms with Gasteiger partial charge in [-0.15, -0.1) is 0 Å². The van der Waals surface area contributed by atoms with Gasteiger partial charge in [-0.05, 0) is 43.1 Å². The van der Waals surface area contributed by atoms with Gasteiger partial charge in [0.05, 0.1) is 12.7 Å². The highest BCUT2D eigenvalue weighted by molar-refractivity contribution is 7.99. The third-order valence-electron chi connectivity index (χ3n) is 3.42. The van der Waals surface area contributed by atoms with Crippen LogP contribution in [0.3, 0.4) is 0 Å². The van der Waals surface area contributed by atoms with Crippen molar-refractivity contribution in [1.82, 2.24) is 0 Å². The lowest BCUT2D eigenvalue weighted by molar-refractivity contribution is 0.0694. The fourth-order valence-electron chi connectivity index (χ4n) is 2.37. The van der Waals surface area contributed by atoms with Crippen LogP contribution in [0.15, 0.2) is 0 Å². The molecule has 0 amide bonds. The molecule has 0 aliphatic carbocycles. The van der Waals surface area contributed by atoms with Crippen LogP contribution < -0.4 is 0 Å². The number of aliphatic hydroxyl groups excluding tert-OH is 1. The number of ether oxygens (including phenoxy) is 1. The number of thioether (sulfide) groups is 1. The topological polar surface area (TPSA) is 29.5 Å². The van der Waals surface area contributed by atoms with Crippen LogP contribution >= 0.6 is 11.8 Å². The van der Waals surface area contributed by atoms with E-state index in [1.54, 1.807) is 0 Å². The van der Waals surface area contributed by atoms with Crippen LogP contribution in [0, 0.1) is 11.8 Å². The van der Waals surface area contributed by atoms with Crippen molar-refractivity contribution >= 4 is 11.8 Å². The highest BCUT2D eigenvalue weighted by Crippen LogP contribution is 2.29. The lowest BCUT2D eigenvalue weighted by Crippen LogP contribution is -2.25. The van der Waals surface area contributed by atoms with Crippen LogP contribution in [0.25, 0.3) is 0 Å². The number of hydrogen-bond acceptors (Lipinski definition) is 3. The molecule has 2 aliphatic rings. The molecule has 2 saturated heterocycles. The minimum atomic E-state index is -0.106. The van der Waals surface area contributed by atoms with Gasteiger partial charge in [-0.1, -0.05) is 0 Å². The van der Waals surface area contributed by atoms with Gasteiger partial charge in [0, 0.05) is 12.5 Å². The van der Waals surface area contributed by atoms with Gasteiger partial charge in [0.1, 0.15) is 0 Å². The third kappa shape index (κ3) is 2.88. The lowest BCUT2D eigenvalue weighted by atomic mass is 9.89. The summed E-state index contributed by atoms with van der Waals surface area (Å²) < 4.78 is 5.30. The number of aliphatic hydroxyl groups is 1. The van der Waals surface area contributed by atoms with E-state index < -0.39 is 0 Å². The molecule has 3 heteroatoms. The van der Waals surface area contributed by atoms with E-state index in [-0.39, 0.29) is 6.10 Å². The number of hydrogen-bond donors (Lipinski definition) is 1. The molecule has 2 rings (SSSR count). The van der Waals surface area contributed by atoms with Crippen molar-refractivity contribution in [3.05, 3.63) is 0 Å². The monoisotopic (exact) mass is 216 g/mol. The lowest BCUT2D eigenvalue weighted by Gasteiger charge is -2.25. The molecule has 0 radical (unpaired) electrons. The molecule has 1 N–H and O–H groups in total. The number of rotatable bonds is 3. The van der Waals surface area contributed by atoms with Gasteiger partial charge < -0.3 is 9.84 Å². The Morgan fingerprint density at radius 1 is 1.29 bits per heavy atom. The summed E-state index contributed by atoms with van der Waals surface area (Å²) in [4.78, 5) is 0. The quantitative estimate of drug-likeness (QED) is 0.781. The molecule has 2 aliphatic heterocycles. The zero-order valence-corrected chi connectivity index (χ0v) is 9.47. The Morgan fingerprint density at radius 2 is 2.07 bits per heavy atom. The highest BCUT2D eigenvalue weighted by Gasteiger charge is 2.26. The van der Waals surface area contributed by atoms with E-state index in [1.807, 2.05) is 0 Å². The molecule has 0 bridgehead atoms. The Labute approximate surface area is 90.4 Å². The van der Waals surface area contributed by atoms with Gasteiger partial charge in [-0.2, -0.15) is 11.8 Å². The maximum atomic E-state index is 10.0. The largest absolute Gasteiger partial charge is 0.393 e. The van der Waals surface area contributed by atoms with E-state index in [9.17, 15) is 5.11 Å². The summed E-state index contributed by atoms with van der Waals surface area (Å²) in [6.07, 6.45) is 4.56. The molecule has 2 unspecified atom stereocenters. The van der Waals surface area contributed by atoms with Crippen LogP contribution in [0.5, 0.6) is 0 Å². The molecule has 0 aromatic heterocycles. The van der Waals surface area contributed by atoms with Gasteiger partial charge in [0.25, 0.3) is 0 Å². The molecular weight excluding hydrogens is 196 g/mol. The first-order valence-corrected chi connectivity index (χ1v) is 6.85. The summed E-state index contributed by atoms with van der Waals surface area (Å²) in [7, 11) is 0. The average molecular weight is 216 g/mol. The van der Waals surface area contributed by atoms with Crippen molar-refractivity contribution in [3.8, 4) is 0 Å². The van der Waals surface area contributed by atoms with Crippen LogP contribution in [-0.4, -0.2) is 35.9 Å². The molecule has 0 spiro atoms. The fourth-order valence-corrected chi connectivity index (χ4v) is 3.58. The van der Waals surface area contributed by atoms with Crippen molar-refractivity contribution in [2.24, 2.45) is 11.8 Å². The Balaban J connectivity index is 1.72. The Bertz CT molecular complexity index is 163. The molecule has 2 fully saturated rings. The van der Waals surface area contributed by atoms with Gasteiger partial charge in [0.15, 0.2) is 0 Å². The molecule has 2 atom stereocenters. The van der Waals surface area contributed by atoms with Crippen molar-refractivity contribution in [2.45, 2.75) is 31.8 Å². The summed E-state index contributed by atoms with van der Waals surface area (Å²) in [5.74, 6) is 3.77. The van der Waals surface area contributed by atoms with Crippen molar-refractivity contribution in [1.29, 1.82) is 0 Å². The average Bonchev–Trinajstić information content (AvgIpc) is 2.72. The van der Waals surface area contributed by atoms with E-state index >= 15 is 0 Å². The summed E-state index contributed by atoms with van der Waals surface area (Å²) in [6.45, 7) is 1.63. The normalized spacial score (nSPS) is 31.9. The first-order chi connectivity index (χ1) is 6.86. The molecule has 2 nitrogen and oxygen atoms in total. The Morgan fingerprint density at radius 3 is 2.71 bits per heavy atom. The zero-order chi connectivity index (χ0) is 9.80. The Hall–Kier alpha value is 0.270. The van der Waals surface area contributed by atoms with E-state index in [4.69, 9.17) is 4.74 Å². The molecule has 14 heavy (non-hydrogen) atoms. The summed E-state index contributed by atoms with van der Waals surface area (Å²) in [5, 5.41) is 10.0. The van der Waals surface area contributed by atoms with Crippen LogP contribution in [0.2, 0.25) is 0 Å². The van der Waals surface area contributed by atoms with Crippen LogP contribution in [0.4, 0.5) is 0 Å². The van der Waals surface area contributed by atoms with E-state index in [2.05, 4.69) is 11.8 Å². The SMILES string of the molecule is OC(CC1CCSCC1)C1CCOC1. The second-order valence-electron chi connectivity index (χ2n) is 4.48. The zero-order valence-electron chi connectivity index (χ0n) is 8.65. The minimum absolute atomic E-state index is 0.106. The second-order valence-corrected chi connectivity index (χ2v) is 5.71. The maximum absolute atomic E-state index is 10.0. The van der Waals surface area contributed by atoms with Gasteiger partial charge in [-0.25, -0.2) is 0 Å². The predicted octanol–water partition coefficient (Wildman–Crippen LogP) is 1.92. The molecule has 0 aromatic rings. The first-order valence-electron chi connectivity index (χ1n) is 5.70. The van der Waals surface area contributed by atoms with Gasteiger partial charge in [0.2, 0.25) is 0 Å². The van der Waals surface area contributed by atoms with Crippen molar-refractivity contribution < 1.29 is 9.84 Å². The Kier molecular flexibility index (Phi) is 4.14. The molecular formula is C11H20O2S. The van der Waals surface area contributed by atoms with Gasteiger partial charge in [-0.3, -0.25) is 0 Å². The van der Waals surface area contributed by atoms with Crippen molar-refractivity contribution in [2.75, 3.05) is 24.7 Å². The predicted molar refractivity (Wildman–Crippen MR) is 59.6 cm³/mol. The first kappa shape index (κ1) is 10.8. The van der Waals surface area contributed by atoms with E-state index in [1.165, 1.54) is 24.3 Å². The highest BCUT2D eigenvalue weighted by atomic mass is 32.2. The van der Waals surface area contributed by atoms with E-state index in [0.29, 0.717) is 5.92 Å². The standard InChI is InChI=1S/C11H20O2S/c12-11(10-1-4-13-8-10)7-9-2-5-14-6-3-9/h9-12H,1-8H2. The van der Waals surface area contributed by atoms with E-state index in [0.717, 1.165) is 32.0 Å². The molecule has 0 aromatic carbocycles.